The van der Waals surface area contributed by atoms with Crippen LogP contribution in [-0.4, -0.2) is 35.5 Å². The molecule has 1 aliphatic heterocycles. The van der Waals surface area contributed by atoms with Crippen LogP contribution in [0.2, 0.25) is 0 Å². The Hall–Kier alpha value is -2.15. The molecule has 7 atom stereocenters. The number of hydrogen-bond acceptors (Lipinski definition) is 7. The molecule has 1 saturated heterocycles. The fraction of sp³-hybridized carbons (Fsp3) is 0.682. The lowest BCUT2D eigenvalue weighted by Gasteiger charge is -2.53. The summed E-state index contributed by atoms with van der Waals surface area (Å²) >= 11 is 0. The van der Waals surface area contributed by atoms with E-state index in [4.69, 9.17) is 18.6 Å². The summed E-state index contributed by atoms with van der Waals surface area (Å²) in [5, 5.41) is 0. The van der Waals surface area contributed by atoms with Gasteiger partial charge in [-0.15, -0.1) is 0 Å². The Labute approximate surface area is 170 Å². The average molecular weight is 404 g/mol. The minimum absolute atomic E-state index is 0.0710. The molecule has 2 heterocycles. The molecular weight excluding hydrogens is 376 g/mol. The predicted molar refractivity (Wildman–Crippen MR) is 101 cm³/mol. The number of aryl methyl sites for hydroxylation is 1. The van der Waals surface area contributed by atoms with Crippen LogP contribution in [0.4, 0.5) is 0 Å². The van der Waals surface area contributed by atoms with Crippen LogP contribution in [-0.2, 0) is 23.8 Å². The van der Waals surface area contributed by atoms with Crippen LogP contribution < -0.4 is 0 Å². The molecule has 158 valence electrons. The zero-order valence-electron chi connectivity index (χ0n) is 17.7. The largest absolute Gasteiger partial charge is 0.462 e. The van der Waals surface area contributed by atoms with Gasteiger partial charge in [0, 0.05) is 29.7 Å². The van der Waals surface area contributed by atoms with Crippen LogP contribution in [0.3, 0.4) is 0 Å². The van der Waals surface area contributed by atoms with Gasteiger partial charge in [-0.25, -0.2) is 4.79 Å². The van der Waals surface area contributed by atoms with Crippen LogP contribution in [0.15, 0.2) is 10.7 Å². The van der Waals surface area contributed by atoms with Gasteiger partial charge in [0.25, 0.3) is 0 Å². The standard InChI is InChI=1S/C22H28O7/c1-10-9-26-18-16(10)19(28-20(25)22(6)12(3)29-22)21(5)11(2)15(27-13(4)23)8-7-14(21)17(18)24/h9,11-12,14-15,19H,7-8H2,1-6H3/t11-,12?,14-,15-,19+,21+,22?/m0/s1. The second kappa shape index (κ2) is 6.42. The summed E-state index contributed by atoms with van der Waals surface area (Å²) in [6.45, 7) is 10.7. The molecule has 2 unspecified atom stereocenters. The number of epoxide rings is 1. The number of fused-ring (bicyclic) bond motifs is 2. The Morgan fingerprint density at radius 2 is 1.83 bits per heavy atom. The van der Waals surface area contributed by atoms with Crippen molar-refractivity contribution >= 4 is 17.7 Å². The van der Waals surface area contributed by atoms with Crippen molar-refractivity contribution in [2.24, 2.45) is 17.3 Å². The predicted octanol–water partition coefficient (Wildman–Crippen LogP) is 3.53. The van der Waals surface area contributed by atoms with Crippen molar-refractivity contribution in [2.45, 2.75) is 78.3 Å². The summed E-state index contributed by atoms with van der Waals surface area (Å²) in [6, 6.07) is 0. The maximum Gasteiger partial charge on any atom is 0.341 e. The van der Waals surface area contributed by atoms with E-state index in [9.17, 15) is 14.4 Å². The van der Waals surface area contributed by atoms with Crippen molar-refractivity contribution in [2.75, 3.05) is 0 Å². The molecule has 7 heteroatoms. The fourth-order valence-electron chi connectivity index (χ4n) is 5.22. The van der Waals surface area contributed by atoms with Crippen molar-refractivity contribution in [3.8, 4) is 0 Å². The zero-order valence-corrected chi connectivity index (χ0v) is 17.7. The quantitative estimate of drug-likeness (QED) is 0.562. The third kappa shape index (κ3) is 2.77. The van der Waals surface area contributed by atoms with Crippen LogP contribution in [0, 0.1) is 24.2 Å². The number of hydrogen-bond donors (Lipinski definition) is 0. The first kappa shape index (κ1) is 20.1. The van der Waals surface area contributed by atoms with E-state index in [2.05, 4.69) is 0 Å². The molecule has 0 aromatic carbocycles. The molecule has 1 aromatic rings. The van der Waals surface area contributed by atoms with Gasteiger partial charge in [-0.1, -0.05) is 13.8 Å². The SMILES string of the molecule is CC(=O)O[C@H]1CC[C@H]2C(=O)c3occ(C)c3[C@@H](OC(=O)C3(C)OC3C)[C@]2(C)[C@H]1C. The van der Waals surface area contributed by atoms with E-state index >= 15 is 0 Å². The van der Waals surface area contributed by atoms with E-state index in [1.54, 1.807) is 6.92 Å². The molecule has 0 bridgehead atoms. The Morgan fingerprint density at radius 3 is 2.41 bits per heavy atom. The van der Waals surface area contributed by atoms with E-state index in [0.29, 0.717) is 18.4 Å². The molecule has 29 heavy (non-hydrogen) atoms. The van der Waals surface area contributed by atoms with Gasteiger partial charge in [0.2, 0.25) is 5.78 Å². The highest BCUT2D eigenvalue weighted by atomic mass is 16.7. The molecule has 3 aliphatic rings. The summed E-state index contributed by atoms with van der Waals surface area (Å²) in [7, 11) is 0. The summed E-state index contributed by atoms with van der Waals surface area (Å²) in [4.78, 5) is 37.9. The summed E-state index contributed by atoms with van der Waals surface area (Å²) in [5.41, 5.74) is -0.323. The molecule has 4 rings (SSSR count). The first-order valence-electron chi connectivity index (χ1n) is 10.2. The van der Waals surface area contributed by atoms with Gasteiger partial charge < -0.3 is 18.6 Å². The highest BCUT2D eigenvalue weighted by Gasteiger charge is 2.63. The topological polar surface area (TPSA) is 95.3 Å². The Morgan fingerprint density at radius 1 is 1.17 bits per heavy atom. The van der Waals surface area contributed by atoms with Crippen molar-refractivity contribution < 1.29 is 33.0 Å². The molecule has 0 N–H and O–H groups in total. The summed E-state index contributed by atoms with van der Waals surface area (Å²) < 4.78 is 22.7. The van der Waals surface area contributed by atoms with Gasteiger partial charge in [0.1, 0.15) is 12.2 Å². The monoisotopic (exact) mass is 404 g/mol. The number of carbonyl (C=O) groups excluding carboxylic acids is 3. The lowest BCUT2D eigenvalue weighted by molar-refractivity contribution is -0.185. The van der Waals surface area contributed by atoms with Crippen molar-refractivity contribution in [3.05, 3.63) is 23.2 Å². The molecule has 0 spiro atoms. The summed E-state index contributed by atoms with van der Waals surface area (Å²) in [5.74, 6) is -1.18. The van der Waals surface area contributed by atoms with Crippen molar-refractivity contribution in [3.63, 3.8) is 0 Å². The number of furan rings is 1. The first-order chi connectivity index (χ1) is 13.5. The maximum atomic E-state index is 13.3. The van der Waals surface area contributed by atoms with Gasteiger partial charge in [0.15, 0.2) is 11.4 Å². The molecule has 7 nitrogen and oxygen atoms in total. The minimum atomic E-state index is -0.974. The number of Topliss-reactive ketones (excluding diaryl/α,β-unsaturated/α-hetero) is 1. The van der Waals surface area contributed by atoms with Gasteiger partial charge in [0.05, 0.1) is 12.4 Å². The summed E-state index contributed by atoms with van der Waals surface area (Å²) in [6.07, 6.45) is 1.41. The lowest BCUT2D eigenvalue weighted by Crippen LogP contribution is -2.55. The van der Waals surface area contributed by atoms with E-state index in [-0.39, 0.29) is 41.6 Å². The van der Waals surface area contributed by atoms with Crippen molar-refractivity contribution in [1.82, 2.24) is 0 Å². The number of ketones is 1. The molecule has 1 saturated carbocycles. The van der Waals surface area contributed by atoms with Crippen LogP contribution in [0.25, 0.3) is 0 Å². The molecule has 0 radical (unpaired) electrons. The van der Waals surface area contributed by atoms with Gasteiger partial charge in [-0.3, -0.25) is 9.59 Å². The third-order valence-electron chi connectivity index (χ3n) is 7.51. The number of esters is 2. The maximum absolute atomic E-state index is 13.3. The van der Waals surface area contributed by atoms with E-state index < -0.39 is 23.1 Å². The lowest BCUT2D eigenvalue weighted by atomic mass is 9.53. The molecular formula is C22H28O7. The Bertz CT molecular complexity index is 886. The normalized spacial score (nSPS) is 40.6. The van der Waals surface area contributed by atoms with E-state index in [0.717, 1.165) is 5.56 Å². The average Bonchev–Trinajstić information content (AvgIpc) is 3.08. The smallest absolute Gasteiger partial charge is 0.341 e. The van der Waals surface area contributed by atoms with E-state index in [1.165, 1.54) is 13.2 Å². The second-order valence-electron chi connectivity index (χ2n) is 9.11. The number of ether oxygens (including phenoxy) is 3. The van der Waals surface area contributed by atoms with Gasteiger partial charge >= 0.3 is 11.9 Å². The second-order valence-corrected chi connectivity index (χ2v) is 9.11. The zero-order chi connectivity index (χ0) is 21.3. The third-order valence-corrected chi connectivity index (χ3v) is 7.51. The first-order valence-corrected chi connectivity index (χ1v) is 10.2. The molecule has 1 aromatic heterocycles. The molecule has 2 fully saturated rings. The highest BCUT2D eigenvalue weighted by Crippen LogP contribution is 2.60. The number of carbonyl (C=O) groups is 3. The molecule has 0 amide bonds. The van der Waals surface area contributed by atoms with Gasteiger partial charge in [-0.2, -0.15) is 0 Å². The van der Waals surface area contributed by atoms with Crippen LogP contribution in [0.1, 0.15) is 75.2 Å². The van der Waals surface area contributed by atoms with Crippen LogP contribution >= 0.6 is 0 Å². The Kier molecular flexibility index (Phi) is 4.46. The highest BCUT2D eigenvalue weighted by molar-refractivity contribution is 5.99. The van der Waals surface area contributed by atoms with Crippen molar-refractivity contribution in [1.29, 1.82) is 0 Å². The van der Waals surface area contributed by atoms with E-state index in [1.807, 2.05) is 27.7 Å². The minimum Gasteiger partial charge on any atom is -0.462 e. The van der Waals surface area contributed by atoms with Crippen LogP contribution in [0.5, 0.6) is 0 Å². The molecule has 2 aliphatic carbocycles. The van der Waals surface area contributed by atoms with Gasteiger partial charge in [-0.05, 0) is 39.2 Å². The Balaban J connectivity index is 1.79. The fourth-order valence-corrected chi connectivity index (χ4v) is 5.22. The number of rotatable bonds is 3.